The third-order valence-electron chi connectivity index (χ3n) is 18.8. The Kier molecular flexibility index (Phi) is 65.9. The number of hydrogen-bond acceptors (Lipinski definition) is 15. The molecule has 0 saturated carbocycles. The van der Waals surface area contributed by atoms with E-state index in [2.05, 4.69) is 55.4 Å². The van der Waals surface area contributed by atoms with Gasteiger partial charge in [0.25, 0.3) is 0 Å². The summed E-state index contributed by atoms with van der Waals surface area (Å²) < 4.78 is 68.6. The van der Waals surface area contributed by atoms with Gasteiger partial charge in [0.2, 0.25) is 0 Å². The number of phosphoric acid groups is 2. The van der Waals surface area contributed by atoms with Crippen molar-refractivity contribution in [1.82, 2.24) is 0 Å². The summed E-state index contributed by atoms with van der Waals surface area (Å²) >= 11 is 0. The summed E-state index contributed by atoms with van der Waals surface area (Å²) in [6.45, 7) is 14.2. The van der Waals surface area contributed by atoms with Crippen LogP contribution in [-0.2, 0) is 65.4 Å². The number of phosphoric ester groups is 2. The number of esters is 4. The van der Waals surface area contributed by atoms with Crippen LogP contribution in [0.25, 0.3) is 0 Å². The fourth-order valence-electron chi connectivity index (χ4n) is 11.8. The molecule has 0 spiro atoms. The van der Waals surface area contributed by atoms with Crippen LogP contribution in [0.5, 0.6) is 0 Å². The lowest BCUT2D eigenvalue weighted by atomic mass is 9.99. The number of ether oxygens (including phenoxy) is 4. The van der Waals surface area contributed by atoms with Gasteiger partial charge >= 0.3 is 39.5 Å². The fraction of sp³-hybridized carbons (Fsp3) is 0.949. The smallest absolute Gasteiger partial charge is 0.462 e. The molecule has 0 fully saturated rings. The number of unbranched alkanes of at least 4 members (excludes halogenated alkanes) is 39. The highest BCUT2D eigenvalue weighted by atomic mass is 31.2. The fourth-order valence-corrected chi connectivity index (χ4v) is 13.4. The van der Waals surface area contributed by atoms with Crippen LogP contribution in [0.15, 0.2) is 0 Å². The molecule has 5 unspecified atom stereocenters. The van der Waals surface area contributed by atoms with E-state index in [0.29, 0.717) is 31.6 Å². The molecule has 0 aliphatic rings. The van der Waals surface area contributed by atoms with Gasteiger partial charge in [-0.05, 0) is 49.4 Å². The van der Waals surface area contributed by atoms with Crippen LogP contribution in [0.2, 0.25) is 0 Å². The maximum Gasteiger partial charge on any atom is 0.472 e. The van der Waals surface area contributed by atoms with Crippen LogP contribution < -0.4 is 0 Å². The molecule has 0 aliphatic carbocycles. The lowest BCUT2D eigenvalue weighted by molar-refractivity contribution is -0.161. The average molecular weight is 1420 g/mol. The minimum atomic E-state index is -4.96. The van der Waals surface area contributed by atoms with Crippen LogP contribution in [0.3, 0.4) is 0 Å². The van der Waals surface area contributed by atoms with Gasteiger partial charge in [0.15, 0.2) is 12.2 Å². The quantitative estimate of drug-likeness (QED) is 0.0222. The van der Waals surface area contributed by atoms with Crippen molar-refractivity contribution in [3.63, 3.8) is 0 Å². The Balaban J connectivity index is 5.24. The Morgan fingerprint density at radius 2 is 0.495 bits per heavy atom. The molecular formula is C78H152O17P2. The van der Waals surface area contributed by atoms with Crippen molar-refractivity contribution in [3.8, 4) is 0 Å². The maximum absolute atomic E-state index is 13.1. The molecule has 19 heteroatoms. The van der Waals surface area contributed by atoms with E-state index in [1.165, 1.54) is 193 Å². The van der Waals surface area contributed by atoms with Crippen molar-refractivity contribution in [2.75, 3.05) is 39.6 Å². The Hall–Kier alpha value is -1.94. The van der Waals surface area contributed by atoms with Gasteiger partial charge in [0.1, 0.15) is 19.3 Å². The van der Waals surface area contributed by atoms with Gasteiger partial charge in [-0.1, -0.05) is 344 Å². The normalized spacial score (nSPS) is 14.6. The van der Waals surface area contributed by atoms with E-state index in [1.54, 1.807) is 0 Å². The zero-order valence-electron chi connectivity index (χ0n) is 63.7. The number of rotatable bonds is 75. The van der Waals surface area contributed by atoms with Gasteiger partial charge in [-0.3, -0.25) is 37.3 Å². The molecule has 3 N–H and O–H groups in total. The Morgan fingerprint density at radius 1 is 0.289 bits per heavy atom. The average Bonchev–Trinajstić information content (AvgIpc) is 1.55. The number of hydrogen-bond donors (Lipinski definition) is 3. The number of carbonyl (C=O) groups excluding carboxylic acids is 4. The second-order valence-corrected chi connectivity index (χ2v) is 32.4. The first-order valence-electron chi connectivity index (χ1n) is 40.3. The van der Waals surface area contributed by atoms with Crippen molar-refractivity contribution >= 4 is 39.5 Å². The molecule has 7 atom stereocenters. The first-order valence-corrected chi connectivity index (χ1v) is 43.3. The molecule has 97 heavy (non-hydrogen) atoms. The molecule has 0 aliphatic heterocycles. The highest BCUT2D eigenvalue weighted by molar-refractivity contribution is 7.47. The van der Waals surface area contributed by atoms with E-state index >= 15 is 0 Å². The van der Waals surface area contributed by atoms with Gasteiger partial charge in [0.05, 0.1) is 26.4 Å². The molecule has 17 nitrogen and oxygen atoms in total. The van der Waals surface area contributed by atoms with Crippen LogP contribution in [-0.4, -0.2) is 96.7 Å². The van der Waals surface area contributed by atoms with E-state index in [9.17, 15) is 43.2 Å². The highest BCUT2D eigenvalue weighted by Gasteiger charge is 2.30. The lowest BCUT2D eigenvalue weighted by Gasteiger charge is -2.21. The molecule has 0 aromatic heterocycles. The summed E-state index contributed by atoms with van der Waals surface area (Å²) in [5.41, 5.74) is 0. The van der Waals surface area contributed by atoms with Crippen molar-refractivity contribution in [2.45, 2.75) is 414 Å². The second-order valence-electron chi connectivity index (χ2n) is 29.5. The highest BCUT2D eigenvalue weighted by Crippen LogP contribution is 2.45. The number of aliphatic hydroxyl groups is 1. The van der Waals surface area contributed by atoms with Crippen LogP contribution >= 0.6 is 15.6 Å². The molecular weight excluding hydrogens is 1270 g/mol. The third-order valence-corrected chi connectivity index (χ3v) is 20.7. The molecule has 0 heterocycles. The van der Waals surface area contributed by atoms with E-state index in [0.717, 1.165) is 114 Å². The van der Waals surface area contributed by atoms with E-state index < -0.39 is 97.5 Å². The summed E-state index contributed by atoms with van der Waals surface area (Å²) in [5.74, 6) is 1.01. The molecule has 0 saturated heterocycles. The molecule has 0 aromatic carbocycles. The van der Waals surface area contributed by atoms with Gasteiger partial charge in [-0.15, -0.1) is 0 Å². The second kappa shape index (κ2) is 67.2. The monoisotopic (exact) mass is 1420 g/mol. The molecule has 0 amide bonds. The van der Waals surface area contributed by atoms with Crippen molar-refractivity contribution in [2.24, 2.45) is 23.7 Å². The SMILES string of the molecule is CCC(C)CCCCCCCCCCCCC(=O)OC[C@H](COP(=O)(O)OCC(O)COP(=O)(O)OC[C@@H](COC(=O)CCCCCCCCCC(C)C)OC(=O)CCCCCCCCCCCCCCCCCCC(C)C)OC(=O)CCCCCCCCCCCCC(C)CC. The van der Waals surface area contributed by atoms with Crippen molar-refractivity contribution < 1.29 is 80.2 Å². The van der Waals surface area contributed by atoms with Gasteiger partial charge in [-0.25, -0.2) is 9.13 Å². The van der Waals surface area contributed by atoms with Crippen LogP contribution in [0, 0.1) is 23.7 Å². The summed E-state index contributed by atoms with van der Waals surface area (Å²) in [4.78, 5) is 72.9. The first kappa shape index (κ1) is 95.1. The molecule has 0 rings (SSSR count). The first-order chi connectivity index (χ1) is 46.7. The zero-order valence-corrected chi connectivity index (χ0v) is 65.5. The third kappa shape index (κ3) is 69.5. The molecule has 0 bridgehead atoms. The van der Waals surface area contributed by atoms with E-state index in [1.807, 2.05) is 0 Å². The molecule has 0 radical (unpaired) electrons. The standard InChI is InChI=1S/C78H152O17P2/c1-9-70(7)56-48-40-32-24-19-21-26-34-42-50-58-75(80)88-64-73(94-78(83)61-53-45-36-28-22-20-25-33-41-49-57-71(8)10-2)66-92-96(84,85)90-62-72(79)63-91-97(86,87)93-67-74(65-89-76(81)59-51-43-37-29-31-39-47-55-69(5)6)95-77(82)60-52-44-35-27-18-16-14-12-11-13-15-17-23-30-38-46-54-68(3)4/h68-74,79H,9-67H2,1-8H3,(H,84,85)(H,86,87)/t70?,71?,72?,73-,74-/m1/s1. The van der Waals surface area contributed by atoms with Gasteiger partial charge in [0, 0.05) is 25.7 Å². The summed E-state index contributed by atoms with van der Waals surface area (Å²) in [6, 6.07) is 0. The Morgan fingerprint density at radius 3 is 0.732 bits per heavy atom. The summed E-state index contributed by atoms with van der Waals surface area (Å²) in [5, 5.41) is 10.6. The summed E-state index contributed by atoms with van der Waals surface area (Å²) in [7, 11) is -9.92. The summed E-state index contributed by atoms with van der Waals surface area (Å²) in [6.07, 6.45) is 52.6. The lowest BCUT2D eigenvalue weighted by Crippen LogP contribution is -2.30. The van der Waals surface area contributed by atoms with Crippen molar-refractivity contribution in [1.29, 1.82) is 0 Å². The zero-order chi connectivity index (χ0) is 71.7. The minimum Gasteiger partial charge on any atom is -0.462 e. The Labute approximate surface area is 594 Å². The topological polar surface area (TPSA) is 237 Å². The van der Waals surface area contributed by atoms with Crippen LogP contribution in [0.1, 0.15) is 396 Å². The van der Waals surface area contributed by atoms with E-state index in [-0.39, 0.29) is 25.7 Å². The van der Waals surface area contributed by atoms with Crippen LogP contribution in [0.4, 0.5) is 0 Å². The predicted molar refractivity (Wildman–Crippen MR) is 395 cm³/mol. The number of aliphatic hydroxyl groups excluding tert-OH is 1. The molecule has 0 aromatic rings. The number of carbonyl (C=O) groups is 4. The molecule has 576 valence electrons. The predicted octanol–water partition coefficient (Wildman–Crippen LogP) is 22.8. The largest absolute Gasteiger partial charge is 0.472 e. The van der Waals surface area contributed by atoms with Gasteiger partial charge in [-0.2, -0.15) is 0 Å². The maximum atomic E-state index is 13.1. The van der Waals surface area contributed by atoms with Crippen molar-refractivity contribution in [3.05, 3.63) is 0 Å². The minimum absolute atomic E-state index is 0.106. The van der Waals surface area contributed by atoms with Gasteiger partial charge < -0.3 is 33.8 Å². The Bertz CT molecular complexity index is 1910. The van der Waals surface area contributed by atoms with E-state index in [4.69, 9.17) is 37.0 Å².